The second kappa shape index (κ2) is 6.68. The normalized spacial score (nSPS) is 10.9. The van der Waals surface area contributed by atoms with Crippen LogP contribution in [0.2, 0.25) is 5.02 Å². The Kier molecular flexibility index (Phi) is 4.93. The topological polar surface area (TPSA) is 42.0 Å². The van der Waals surface area contributed by atoms with Crippen molar-refractivity contribution in [1.82, 2.24) is 10.3 Å². The van der Waals surface area contributed by atoms with Gasteiger partial charge in [0, 0.05) is 10.4 Å². The minimum atomic E-state index is -0.0976. The zero-order valence-corrected chi connectivity index (χ0v) is 12.9. The standard InChI is InChI=1S/C15H15ClN2OS/c1-3-6-14(19)17-9-13-10(2)18-15(20-13)11-7-4-5-8-12(11)16/h3-8H,9H2,1-2H3,(H,17,19)/b6-3+. The summed E-state index contributed by atoms with van der Waals surface area (Å²) in [6.45, 7) is 4.23. The van der Waals surface area contributed by atoms with Crippen LogP contribution in [0.3, 0.4) is 0 Å². The molecule has 1 amide bonds. The summed E-state index contributed by atoms with van der Waals surface area (Å²) in [6, 6.07) is 7.62. The first-order chi connectivity index (χ1) is 9.61. The molecular formula is C15H15ClN2OS. The number of nitrogens with zero attached hydrogens (tertiary/aromatic N) is 1. The number of benzene rings is 1. The fourth-order valence-electron chi connectivity index (χ4n) is 1.72. The molecule has 0 radical (unpaired) electrons. The van der Waals surface area contributed by atoms with Crippen molar-refractivity contribution in [2.75, 3.05) is 0 Å². The number of carbonyl (C=O) groups excluding carboxylic acids is 1. The lowest BCUT2D eigenvalue weighted by atomic mass is 10.2. The summed E-state index contributed by atoms with van der Waals surface area (Å²) in [7, 11) is 0. The average molecular weight is 307 g/mol. The number of nitrogens with one attached hydrogen (secondary N) is 1. The summed E-state index contributed by atoms with van der Waals surface area (Å²) in [5.41, 5.74) is 1.85. The molecule has 0 aliphatic carbocycles. The van der Waals surface area contributed by atoms with E-state index in [1.165, 1.54) is 6.08 Å². The van der Waals surface area contributed by atoms with Gasteiger partial charge < -0.3 is 5.32 Å². The number of aryl methyl sites for hydroxylation is 1. The Morgan fingerprint density at radius 1 is 1.45 bits per heavy atom. The molecule has 1 aromatic carbocycles. The Balaban J connectivity index is 2.18. The van der Waals surface area contributed by atoms with Gasteiger partial charge in [0.1, 0.15) is 5.01 Å². The summed E-state index contributed by atoms with van der Waals surface area (Å²) in [5, 5.41) is 4.40. The smallest absolute Gasteiger partial charge is 0.243 e. The maximum Gasteiger partial charge on any atom is 0.243 e. The number of aromatic nitrogens is 1. The molecule has 0 aliphatic heterocycles. The summed E-state index contributed by atoms with van der Waals surface area (Å²) in [5.74, 6) is -0.0976. The first-order valence-electron chi connectivity index (χ1n) is 6.23. The van der Waals surface area contributed by atoms with Crippen LogP contribution in [0.4, 0.5) is 0 Å². The molecule has 0 atom stereocenters. The summed E-state index contributed by atoms with van der Waals surface area (Å²) >= 11 is 7.73. The minimum Gasteiger partial charge on any atom is -0.348 e. The van der Waals surface area contributed by atoms with Crippen molar-refractivity contribution in [3.63, 3.8) is 0 Å². The maximum atomic E-state index is 11.4. The Morgan fingerprint density at radius 2 is 2.20 bits per heavy atom. The predicted molar refractivity (Wildman–Crippen MR) is 84.0 cm³/mol. The van der Waals surface area contributed by atoms with E-state index in [1.54, 1.807) is 17.4 Å². The quantitative estimate of drug-likeness (QED) is 0.869. The number of amides is 1. The van der Waals surface area contributed by atoms with Gasteiger partial charge in [-0.2, -0.15) is 0 Å². The van der Waals surface area contributed by atoms with E-state index in [2.05, 4.69) is 10.3 Å². The number of carbonyl (C=O) groups is 1. The molecule has 1 heterocycles. The summed E-state index contributed by atoms with van der Waals surface area (Å²) in [4.78, 5) is 17.0. The van der Waals surface area contributed by atoms with Crippen molar-refractivity contribution >= 4 is 28.8 Å². The van der Waals surface area contributed by atoms with E-state index >= 15 is 0 Å². The van der Waals surface area contributed by atoms with Crippen molar-refractivity contribution in [3.8, 4) is 10.6 Å². The molecular weight excluding hydrogens is 292 g/mol. The molecule has 0 bridgehead atoms. The van der Waals surface area contributed by atoms with Crippen molar-refractivity contribution in [3.05, 3.63) is 52.0 Å². The number of thiazole rings is 1. The van der Waals surface area contributed by atoms with Gasteiger partial charge in [-0.25, -0.2) is 4.98 Å². The van der Waals surface area contributed by atoms with E-state index in [0.29, 0.717) is 11.6 Å². The highest BCUT2D eigenvalue weighted by atomic mass is 35.5. The molecule has 104 valence electrons. The first kappa shape index (κ1) is 14.8. The summed E-state index contributed by atoms with van der Waals surface area (Å²) < 4.78 is 0. The highest BCUT2D eigenvalue weighted by molar-refractivity contribution is 7.15. The van der Waals surface area contributed by atoms with Crippen LogP contribution in [0, 0.1) is 6.92 Å². The molecule has 0 fully saturated rings. The average Bonchev–Trinajstić information content (AvgIpc) is 2.78. The van der Waals surface area contributed by atoms with Gasteiger partial charge in [0.15, 0.2) is 0 Å². The van der Waals surface area contributed by atoms with E-state index < -0.39 is 0 Å². The van der Waals surface area contributed by atoms with Gasteiger partial charge in [-0.1, -0.05) is 35.9 Å². The molecule has 5 heteroatoms. The third-order valence-electron chi connectivity index (χ3n) is 2.74. The van der Waals surface area contributed by atoms with Crippen LogP contribution in [-0.4, -0.2) is 10.9 Å². The van der Waals surface area contributed by atoms with Crippen LogP contribution in [0.25, 0.3) is 10.6 Å². The fraction of sp³-hybridized carbons (Fsp3) is 0.200. The van der Waals surface area contributed by atoms with Gasteiger partial charge >= 0.3 is 0 Å². The monoisotopic (exact) mass is 306 g/mol. The molecule has 0 unspecified atom stereocenters. The minimum absolute atomic E-state index is 0.0976. The maximum absolute atomic E-state index is 11.4. The zero-order valence-electron chi connectivity index (χ0n) is 11.3. The van der Waals surface area contributed by atoms with Crippen LogP contribution in [0.5, 0.6) is 0 Å². The molecule has 0 saturated carbocycles. The summed E-state index contributed by atoms with van der Waals surface area (Å²) in [6.07, 6.45) is 3.22. The molecule has 1 aromatic heterocycles. The van der Waals surface area contributed by atoms with Gasteiger partial charge in [0.2, 0.25) is 5.91 Å². The molecule has 0 spiro atoms. The van der Waals surface area contributed by atoms with E-state index in [1.807, 2.05) is 38.1 Å². The van der Waals surface area contributed by atoms with Crippen LogP contribution < -0.4 is 5.32 Å². The molecule has 2 rings (SSSR count). The van der Waals surface area contributed by atoms with Gasteiger partial charge in [0.05, 0.1) is 17.3 Å². The Hall–Kier alpha value is -1.65. The fourth-order valence-corrected chi connectivity index (χ4v) is 3.04. The van der Waals surface area contributed by atoms with Crippen LogP contribution >= 0.6 is 22.9 Å². The van der Waals surface area contributed by atoms with E-state index in [9.17, 15) is 4.79 Å². The van der Waals surface area contributed by atoms with E-state index in [-0.39, 0.29) is 5.91 Å². The molecule has 3 nitrogen and oxygen atoms in total. The van der Waals surface area contributed by atoms with Crippen LogP contribution in [-0.2, 0) is 11.3 Å². The molecule has 20 heavy (non-hydrogen) atoms. The van der Waals surface area contributed by atoms with Gasteiger partial charge in [-0.15, -0.1) is 11.3 Å². The predicted octanol–water partition coefficient (Wildman–Crippen LogP) is 3.96. The molecule has 2 aromatic rings. The van der Waals surface area contributed by atoms with Gasteiger partial charge in [-0.3, -0.25) is 4.79 Å². The highest BCUT2D eigenvalue weighted by Crippen LogP contribution is 2.32. The number of rotatable bonds is 4. The highest BCUT2D eigenvalue weighted by Gasteiger charge is 2.12. The van der Waals surface area contributed by atoms with Gasteiger partial charge in [-0.05, 0) is 26.0 Å². The second-order valence-electron chi connectivity index (χ2n) is 4.23. The third kappa shape index (κ3) is 3.46. The van der Waals surface area contributed by atoms with Crippen molar-refractivity contribution in [2.45, 2.75) is 20.4 Å². The Labute approximate surface area is 127 Å². The van der Waals surface area contributed by atoms with Crippen LogP contribution in [0.1, 0.15) is 17.5 Å². The number of allylic oxidation sites excluding steroid dienone is 1. The second-order valence-corrected chi connectivity index (χ2v) is 5.72. The molecule has 1 N–H and O–H groups in total. The third-order valence-corrected chi connectivity index (χ3v) is 4.26. The molecule has 0 saturated heterocycles. The number of halogens is 1. The first-order valence-corrected chi connectivity index (χ1v) is 7.43. The van der Waals surface area contributed by atoms with E-state index in [0.717, 1.165) is 21.1 Å². The Morgan fingerprint density at radius 3 is 2.90 bits per heavy atom. The Bertz CT molecular complexity index is 649. The number of hydrogen-bond donors (Lipinski definition) is 1. The van der Waals surface area contributed by atoms with E-state index in [4.69, 9.17) is 11.6 Å². The largest absolute Gasteiger partial charge is 0.348 e. The SMILES string of the molecule is C/C=C/C(=O)NCc1sc(-c2ccccc2Cl)nc1C. The lowest BCUT2D eigenvalue weighted by Gasteiger charge is -2.00. The molecule has 0 aliphatic rings. The van der Waals surface area contributed by atoms with Crippen molar-refractivity contribution in [1.29, 1.82) is 0 Å². The van der Waals surface area contributed by atoms with Crippen LogP contribution in [0.15, 0.2) is 36.4 Å². The van der Waals surface area contributed by atoms with Crippen molar-refractivity contribution < 1.29 is 4.79 Å². The lowest BCUT2D eigenvalue weighted by molar-refractivity contribution is -0.116. The van der Waals surface area contributed by atoms with Crippen molar-refractivity contribution in [2.24, 2.45) is 0 Å². The zero-order chi connectivity index (χ0) is 14.5. The van der Waals surface area contributed by atoms with Gasteiger partial charge in [0.25, 0.3) is 0 Å². The number of hydrogen-bond acceptors (Lipinski definition) is 3. The lowest BCUT2D eigenvalue weighted by Crippen LogP contribution is -2.19.